The van der Waals surface area contributed by atoms with Crippen molar-refractivity contribution in [1.29, 1.82) is 0 Å². The van der Waals surface area contributed by atoms with E-state index in [9.17, 15) is 13.2 Å². The maximum atomic E-state index is 13.3. The lowest BCUT2D eigenvalue weighted by Gasteiger charge is -2.19. The van der Waals surface area contributed by atoms with Crippen molar-refractivity contribution in [2.24, 2.45) is 0 Å². The molecule has 0 fully saturated rings. The van der Waals surface area contributed by atoms with Crippen LogP contribution in [0, 0.1) is 20.8 Å². The Balaban J connectivity index is 1.71. The minimum absolute atomic E-state index is 0.130. The van der Waals surface area contributed by atoms with Crippen molar-refractivity contribution in [3.63, 3.8) is 0 Å². The highest BCUT2D eigenvalue weighted by molar-refractivity contribution is 7.92. The minimum Gasteiger partial charge on any atom is -0.281 e. The van der Waals surface area contributed by atoms with Crippen molar-refractivity contribution in [2.45, 2.75) is 32.2 Å². The van der Waals surface area contributed by atoms with Crippen LogP contribution in [0.4, 0.5) is 5.13 Å². The van der Waals surface area contributed by atoms with E-state index in [1.54, 1.807) is 30.5 Å². The van der Waals surface area contributed by atoms with E-state index in [0.717, 1.165) is 26.9 Å². The molecule has 0 aliphatic heterocycles. The summed E-state index contributed by atoms with van der Waals surface area (Å²) in [6, 6.07) is 16.0. The molecule has 4 aromatic rings. The molecule has 0 radical (unpaired) electrons. The topological polar surface area (TPSA) is 80.2 Å². The Morgan fingerprint density at radius 2 is 1.75 bits per heavy atom. The molecule has 0 aliphatic carbocycles. The van der Waals surface area contributed by atoms with E-state index in [2.05, 4.69) is 9.97 Å². The van der Waals surface area contributed by atoms with E-state index < -0.39 is 21.5 Å². The van der Waals surface area contributed by atoms with Gasteiger partial charge in [-0.15, -0.1) is 0 Å². The number of carbonyl (C=O) groups is 1. The molecule has 4 rings (SSSR count). The zero-order chi connectivity index (χ0) is 22.9. The summed E-state index contributed by atoms with van der Waals surface area (Å²) in [5, 5.41) is 0.462. The normalized spacial score (nSPS) is 11.6. The second kappa shape index (κ2) is 8.80. The van der Waals surface area contributed by atoms with E-state index in [0.29, 0.717) is 10.8 Å². The number of fused-ring (bicyclic) bond motifs is 1. The van der Waals surface area contributed by atoms with Crippen LogP contribution in [0.5, 0.6) is 0 Å². The van der Waals surface area contributed by atoms with Gasteiger partial charge in [-0.2, -0.15) is 0 Å². The van der Waals surface area contributed by atoms with Gasteiger partial charge < -0.3 is 0 Å². The number of carbonyl (C=O) groups excluding carboxylic acids is 1. The Bertz CT molecular complexity index is 1380. The molecule has 0 saturated heterocycles. The summed E-state index contributed by atoms with van der Waals surface area (Å²) >= 11 is 1.38. The highest BCUT2D eigenvalue weighted by Crippen LogP contribution is 2.32. The summed E-state index contributed by atoms with van der Waals surface area (Å²) in [4.78, 5) is 23.9. The molecule has 2 aromatic heterocycles. The van der Waals surface area contributed by atoms with Crippen molar-refractivity contribution in [3.8, 4) is 0 Å². The molecule has 0 unspecified atom stereocenters. The van der Waals surface area contributed by atoms with Gasteiger partial charge in [-0.25, -0.2) is 13.4 Å². The van der Waals surface area contributed by atoms with Gasteiger partial charge in [0.05, 0.1) is 27.4 Å². The molecule has 0 aliphatic rings. The Morgan fingerprint density at radius 3 is 2.44 bits per heavy atom. The molecule has 6 nitrogen and oxygen atoms in total. The highest BCUT2D eigenvalue weighted by atomic mass is 32.2. The van der Waals surface area contributed by atoms with Crippen LogP contribution in [0.3, 0.4) is 0 Å². The molecule has 32 heavy (non-hydrogen) atoms. The average molecular weight is 466 g/mol. The first-order chi connectivity index (χ1) is 15.2. The Kier molecular flexibility index (Phi) is 6.08. The predicted octanol–water partition coefficient (Wildman–Crippen LogP) is 4.62. The van der Waals surface area contributed by atoms with Crippen molar-refractivity contribution in [3.05, 3.63) is 83.2 Å². The van der Waals surface area contributed by atoms with E-state index in [1.807, 2.05) is 39.0 Å². The average Bonchev–Trinajstić information content (AvgIpc) is 3.16. The van der Waals surface area contributed by atoms with E-state index in [4.69, 9.17) is 0 Å². The Hall–Kier alpha value is -3.10. The van der Waals surface area contributed by atoms with Gasteiger partial charge in [0.15, 0.2) is 15.0 Å². The third-order valence-electron chi connectivity index (χ3n) is 5.09. The molecule has 0 bridgehead atoms. The lowest BCUT2D eigenvalue weighted by Crippen LogP contribution is -2.35. The number of sulfone groups is 1. The van der Waals surface area contributed by atoms with E-state index >= 15 is 0 Å². The molecular weight excluding hydrogens is 442 g/mol. The third-order valence-corrected chi connectivity index (χ3v) is 7.73. The van der Waals surface area contributed by atoms with E-state index in [-0.39, 0.29) is 11.4 Å². The second-order valence-electron chi connectivity index (χ2n) is 7.80. The van der Waals surface area contributed by atoms with Crippen LogP contribution in [-0.4, -0.2) is 30.0 Å². The number of pyridine rings is 1. The summed E-state index contributed by atoms with van der Waals surface area (Å²) < 4.78 is 26.8. The van der Waals surface area contributed by atoms with Crippen molar-refractivity contribution < 1.29 is 13.2 Å². The summed E-state index contributed by atoms with van der Waals surface area (Å²) in [6.07, 6.45) is 1.65. The molecule has 8 heteroatoms. The predicted molar refractivity (Wildman–Crippen MR) is 128 cm³/mol. The number of hydrogen-bond donors (Lipinski definition) is 0. The van der Waals surface area contributed by atoms with Gasteiger partial charge in [-0.05, 0) is 62.2 Å². The molecule has 0 saturated carbocycles. The van der Waals surface area contributed by atoms with Crippen LogP contribution in [0.2, 0.25) is 0 Å². The molecule has 164 valence electrons. The number of nitrogens with zero attached hydrogens (tertiary/aromatic N) is 3. The highest BCUT2D eigenvalue weighted by Gasteiger charge is 2.27. The summed E-state index contributed by atoms with van der Waals surface area (Å²) in [7, 11) is -3.80. The van der Waals surface area contributed by atoms with Crippen molar-refractivity contribution >= 4 is 42.4 Å². The lowest BCUT2D eigenvalue weighted by molar-refractivity contribution is -0.116. The maximum Gasteiger partial charge on any atom is 0.244 e. The van der Waals surface area contributed by atoms with Crippen LogP contribution in [0.15, 0.2) is 65.7 Å². The maximum absolute atomic E-state index is 13.3. The number of benzene rings is 2. The van der Waals surface area contributed by atoms with Crippen LogP contribution < -0.4 is 4.90 Å². The first-order valence-corrected chi connectivity index (χ1v) is 12.6. The first kappa shape index (κ1) is 22.1. The number of aromatic nitrogens is 2. The van der Waals surface area contributed by atoms with Crippen LogP contribution in [-0.2, 0) is 21.2 Å². The number of aryl methyl sites for hydroxylation is 3. The van der Waals surface area contributed by atoms with Gasteiger partial charge in [0.25, 0.3) is 0 Å². The first-order valence-electron chi connectivity index (χ1n) is 10.1. The molecule has 0 N–H and O–H groups in total. The van der Waals surface area contributed by atoms with Crippen LogP contribution in [0.25, 0.3) is 10.2 Å². The number of hydrogen-bond acceptors (Lipinski definition) is 6. The fraction of sp³-hybridized carbons (Fsp3) is 0.208. The van der Waals surface area contributed by atoms with Gasteiger partial charge in [0.1, 0.15) is 5.75 Å². The summed E-state index contributed by atoms with van der Waals surface area (Å²) in [5.74, 6) is -1.18. The number of amides is 1. The quantitative estimate of drug-likeness (QED) is 0.415. The molecule has 1 amide bonds. The smallest absolute Gasteiger partial charge is 0.244 e. The zero-order valence-corrected chi connectivity index (χ0v) is 19.7. The van der Waals surface area contributed by atoms with Gasteiger partial charge in [0.2, 0.25) is 5.91 Å². The number of thiazole rings is 1. The Labute approximate surface area is 191 Å². The van der Waals surface area contributed by atoms with Gasteiger partial charge in [-0.1, -0.05) is 41.2 Å². The third kappa shape index (κ3) is 4.71. The van der Waals surface area contributed by atoms with Gasteiger partial charge in [-0.3, -0.25) is 14.7 Å². The number of anilines is 1. The largest absolute Gasteiger partial charge is 0.281 e. The second-order valence-corrected chi connectivity index (χ2v) is 10.8. The summed E-state index contributed by atoms with van der Waals surface area (Å²) in [6.45, 7) is 6.01. The Morgan fingerprint density at radius 1 is 1.00 bits per heavy atom. The van der Waals surface area contributed by atoms with Gasteiger partial charge >= 0.3 is 0 Å². The van der Waals surface area contributed by atoms with Gasteiger partial charge in [0, 0.05) is 6.20 Å². The molecule has 0 atom stereocenters. The van der Waals surface area contributed by atoms with E-state index in [1.165, 1.54) is 28.4 Å². The summed E-state index contributed by atoms with van der Waals surface area (Å²) in [5.41, 5.74) is 4.54. The van der Waals surface area contributed by atoms with Crippen LogP contribution >= 0.6 is 11.3 Å². The molecule has 2 heterocycles. The fourth-order valence-electron chi connectivity index (χ4n) is 3.46. The fourth-order valence-corrected chi connectivity index (χ4v) is 5.82. The molecule has 0 spiro atoms. The number of rotatable bonds is 6. The van der Waals surface area contributed by atoms with Crippen LogP contribution in [0.1, 0.15) is 22.4 Å². The lowest BCUT2D eigenvalue weighted by atomic mass is 10.1. The standard InChI is InChI=1S/C24H23N3O3S2/c1-16-7-9-20(10-8-16)32(29,30)15-22(28)27(14-19-6-4-5-11-25-19)24-26-23-18(3)12-17(2)13-21(23)31-24/h4-13H,14-15H2,1-3H3. The molecular formula is C24H23N3O3S2. The monoisotopic (exact) mass is 465 g/mol. The van der Waals surface area contributed by atoms with Crippen molar-refractivity contribution in [2.75, 3.05) is 10.7 Å². The minimum atomic E-state index is -3.80. The zero-order valence-electron chi connectivity index (χ0n) is 18.1. The molecule has 2 aromatic carbocycles. The van der Waals surface area contributed by atoms with Crippen molar-refractivity contribution in [1.82, 2.24) is 9.97 Å². The SMILES string of the molecule is Cc1ccc(S(=O)(=O)CC(=O)N(Cc2ccccn2)c2nc3c(C)cc(C)cc3s2)cc1.